The van der Waals surface area contributed by atoms with Crippen LogP contribution in [0.2, 0.25) is 0 Å². The molecule has 0 N–H and O–H groups in total. The van der Waals surface area contributed by atoms with Crippen molar-refractivity contribution in [1.29, 1.82) is 0 Å². The van der Waals surface area contributed by atoms with Crippen molar-refractivity contribution in [2.45, 2.75) is 153 Å². The predicted octanol–water partition coefficient (Wildman–Crippen LogP) is 19.2. The number of hydrogen-bond acceptors (Lipinski definition) is 2. The summed E-state index contributed by atoms with van der Waals surface area (Å²) in [5.74, 6) is 0.297. The van der Waals surface area contributed by atoms with Crippen LogP contribution in [0.3, 0.4) is 0 Å². The van der Waals surface area contributed by atoms with Gasteiger partial charge in [0.1, 0.15) is 0 Å². The smallest absolute Gasteiger partial charge is 0.0543 e. The van der Waals surface area contributed by atoms with E-state index in [0.29, 0.717) is 5.92 Å². The first-order valence-corrected chi connectivity index (χ1v) is 24.3. The van der Waals surface area contributed by atoms with E-state index < -0.39 is 0 Å². The summed E-state index contributed by atoms with van der Waals surface area (Å²) in [5, 5.41) is 8.01. The highest BCUT2D eigenvalue weighted by Crippen LogP contribution is 2.53. The molecule has 0 aliphatic carbocycles. The minimum atomic E-state index is -0.0748. The van der Waals surface area contributed by atoms with Crippen LogP contribution < -0.4 is 9.80 Å². The van der Waals surface area contributed by atoms with E-state index in [9.17, 15) is 0 Å². The van der Waals surface area contributed by atoms with Gasteiger partial charge in [-0.2, -0.15) is 0 Å². The maximum Gasteiger partial charge on any atom is 0.0543 e. The Morgan fingerprint density at radius 2 is 0.877 bits per heavy atom. The Bertz CT molecular complexity index is 3090. The Labute approximate surface area is 392 Å². The standard InChI is InChI=1S/C63H74N2/c1-18-31-63(16,17)52-36-51-58(65(54-29-20-40(5)33-44(54)9)57-35-46(62(13,14)15)24-22-42(57)7)37-50(38(2)3)47-25-26-49-55(30-27-48(52)60(49)59(47)51)64(53-28-19-39(4)32-43(53)8)56-34-45(61(10,11)12)23-21-41(56)6/h19-30,32-38H,18,31H2,1-17H3. The maximum atomic E-state index is 2.62. The fraction of sp³-hybridized carbons (Fsp3) is 0.365. The summed E-state index contributed by atoms with van der Waals surface area (Å²) < 4.78 is 0. The van der Waals surface area contributed by atoms with Crippen molar-refractivity contribution in [2.24, 2.45) is 0 Å². The van der Waals surface area contributed by atoms with Crippen LogP contribution in [0.1, 0.15) is 151 Å². The van der Waals surface area contributed by atoms with Gasteiger partial charge >= 0.3 is 0 Å². The molecule has 2 nitrogen and oxygen atoms in total. The summed E-state index contributed by atoms with van der Waals surface area (Å²) in [5.41, 5.74) is 20.3. The number of aryl methyl sites for hydroxylation is 6. The molecule has 0 spiro atoms. The highest BCUT2D eigenvalue weighted by atomic mass is 15.2. The monoisotopic (exact) mass is 859 g/mol. The van der Waals surface area contributed by atoms with Crippen molar-refractivity contribution in [3.63, 3.8) is 0 Å². The third kappa shape index (κ3) is 8.21. The molecule has 0 heterocycles. The molecular formula is C63H74N2. The Hall–Kier alpha value is -5.60. The van der Waals surface area contributed by atoms with Gasteiger partial charge in [-0.1, -0.05) is 160 Å². The van der Waals surface area contributed by atoms with E-state index in [1.165, 1.54) is 122 Å². The van der Waals surface area contributed by atoms with Crippen molar-refractivity contribution in [1.82, 2.24) is 0 Å². The average molecular weight is 859 g/mol. The molecule has 2 heteroatoms. The van der Waals surface area contributed by atoms with E-state index >= 15 is 0 Å². The third-order valence-corrected chi connectivity index (χ3v) is 14.4. The van der Waals surface area contributed by atoms with E-state index in [1.54, 1.807) is 0 Å². The number of hydrogen-bond donors (Lipinski definition) is 0. The molecule has 65 heavy (non-hydrogen) atoms. The molecular weight excluding hydrogens is 785 g/mol. The van der Waals surface area contributed by atoms with Crippen LogP contribution >= 0.6 is 0 Å². The van der Waals surface area contributed by atoms with Gasteiger partial charge in [-0.15, -0.1) is 0 Å². The molecule has 0 saturated heterocycles. The first-order valence-electron chi connectivity index (χ1n) is 24.3. The van der Waals surface area contributed by atoms with Gasteiger partial charge in [-0.05, 0) is 179 Å². The van der Waals surface area contributed by atoms with Crippen LogP contribution in [-0.4, -0.2) is 0 Å². The second kappa shape index (κ2) is 16.7. The average Bonchev–Trinajstić information content (AvgIpc) is 3.22. The largest absolute Gasteiger partial charge is 0.309 e. The molecule has 0 amide bonds. The quantitative estimate of drug-likeness (QED) is 0.126. The fourth-order valence-electron chi connectivity index (χ4n) is 10.7. The Balaban J connectivity index is 1.59. The lowest BCUT2D eigenvalue weighted by Gasteiger charge is -2.35. The Morgan fingerprint density at radius 3 is 1.35 bits per heavy atom. The lowest BCUT2D eigenvalue weighted by molar-refractivity contribution is 0.477. The molecule has 8 rings (SSSR count). The second-order valence-corrected chi connectivity index (χ2v) is 22.5. The van der Waals surface area contributed by atoms with E-state index in [1.807, 2.05) is 0 Å². The first-order chi connectivity index (χ1) is 30.5. The van der Waals surface area contributed by atoms with Gasteiger partial charge in [0.05, 0.1) is 11.4 Å². The molecule has 0 fully saturated rings. The molecule has 336 valence electrons. The van der Waals surface area contributed by atoms with Gasteiger partial charge in [0.15, 0.2) is 0 Å². The van der Waals surface area contributed by atoms with Gasteiger partial charge in [0, 0.05) is 33.5 Å². The third-order valence-electron chi connectivity index (χ3n) is 14.4. The molecule has 0 aromatic heterocycles. The molecule has 0 unspecified atom stereocenters. The number of anilines is 6. The minimum Gasteiger partial charge on any atom is -0.309 e. The van der Waals surface area contributed by atoms with Gasteiger partial charge in [0.2, 0.25) is 0 Å². The SMILES string of the molecule is CCCC(C)(C)c1cc2c(N(c3ccc(C)cc3C)c3cc(C(C)(C)C)ccc3C)cc(C(C)C)c3ccc4c(N(c5ccc(C)cc5C)c5cc(C(C)(C)C)ccc5C)ccc1c4c32. The van der Waals surface area contributed by atoms with Crippen LogP contribution in [-0.2, 0) is 16.2 Å². The topological polar surface area (TPSA) is 6.48 Å². The first kappa shape index (κ1) is 45.9. The van der Waals surface area contributed by atoms with E-state index in [4.69, 9.17) is 0 Å². The Morgan fingerprint density at radius 1 is 0.415 bits per heavy atom. The zero-order valence-electron chi connectivity index (χ0n) is 42.8. The van der Waals surface area contributed by atoms with E-state index in [2.05, 4.69) is 237 Å². The minimum absolute atomic E-state index is 0.00502. The van der Waals surface area contributed by atoms with Crippen LogP contribution in [0.15, 0.2) is 109 Å². The van der Waals surface area contributed by atoms with Crippen molar-refractivity contribution in [3.8, 4) is 0 Å². The van der Waals surface area contributed by atoms with Crippen LogP contribution in [0, 0.1) is 41.5 Å². The normalized spacial score (nSPS) is 12.6. The van der Waals surface area contributed by atoms with Crippen molar-refractivity contribution < 1.29 is 0 Å². The van der Waals surface area contributed by atoms with Crippen LogP contribution in [0.25, 0.3) is 32.3 Å². The number of nitrogens with zero attached hydrogens (tertiary/aromatic N) is 2. The second-order valence-electron chi connectivity index (χ2n) is 22.5. The van der Waals surface area contributed by atoms with Gasteiger partial charge in [-0.3, -0.25) is 0 Å². The summed E-state index contributed by atoms with van der Waals surface area (Å²) in [6.07, 6.45) is 2.20. The van der Waals surface area contributed by atoms with Crippen LogP contribution in [0.5, 0.6) is 0 Å². The number of benzene rings is 8. The lowest BCUT2D eigenvalue weighted by Crippen LogP contribution is -2.19. The zero-order valence-corrected chi connectivity index (χ0v) is 42.8. The molecule has 0 saturated carbocycles. The van der Waals surface area contributed by atoms with Gasteiger partial charge < -0.3 is 9.80 Å². The summed E-state index contributed by atoms with van der Waals surface area (Å²) >= 11 is 0. The Kier molecular flexibility index (Phi) is 11.8. The summed E-state index contributed by atoms with van der Waals surface area (Å²) in [7, 11) is 0. The van der Waals surface area contributed by atoms with Gasteiger partial charge in [0.25, 0.3) is 0 Å². The fourth-order valence-corrected chi connectivity index (χ4v) is 10.7. The molecule has 0 aliphatic rings. The highest BCUT2D eigenvalue weighted by molar-refractivity contribution is 6.29. The van der Waals surface area contributed by atoms with Crippen molar-refractivity contribution in [3.05, 3.63) is 165 Å². The molecule has 0 radical (unpaired) electrons. The van der Waals surface area contributed by atoms with Crippen molar-refractivity contribution >= 4 is 66.4 Å². The van der Waals surface area contributed by atoms with E-state index in [-0.39, 0.29) is 16.2 Å². The van der Waals surface area contributed by atoms with Crippen molar-refractivity contribution in [2.75, 3.05) is 9.80 Å². The summed E-state index contributed by atoms with van der Waals surface area (Å²) in [6.45, 7) is 39.5. The van der Waals surface area contributed by atoms with Crippen LogP contribution in [0.4, 0.5) is 34.1 Å². The van der Waals surface area contributed by atoms with Gasteiger partial charge in [-0.25, -0.2) is 0 Å². The molecule has 0 aliphatic heterocycles. The molecule has 0 atom stereocenters. The zero-order chi connectivity index (χ0) is 47.1. The summed E-state index contributed by atoms with van der Waals surface area (Å²) in [6, 6.07) is 43.2. The maximum absolute atomic E-state index is 2.62. The van der Waals surface area contributed by atoms with E-state index in [0.717, 1.165) is 12.8 Å². The summed E-state index contributed by atoms with van der Waals surface area (Å²) in [4.78, 5) is 5.20. The molecule has 8 aromatic carbocycles. The molecule has 8 aromatic rings. The molecule has 0 bridgehead atoms. The predicted molar refractivity (Wildman–Crippen MR) is 287 cm³/mol. The number of rotatable bonds is 10. The highest BCUT2D eigenvalue weighted by Gasteiger charge is 2.31. The lowest BCUT2D eigenvalue weighted by atomic mass is 9.75.